The maximum Gasteiger partial charge on any atom is 0.136 e. The quantitative estimate of drug-likeness (QED) is 0.161. The van der Waals surface area contributed by atoms with Crippen LogP contribution in [0.2, 0.25) is 0 Å². The summed E-state index contributed by atoms with van der Waals surface area (Å²) in [4.78, 5) is 2.34. The molecule has 0 N–H and O–H groups in total. The van der Waals surface area contributed by atoms with Gasteiger partial charge in [0.1, 0.15) is 11.2 Å². The Balaban J connectivity index is 0.902. The minimum atomic E-state index is 0.899. The van der Waals surface area contributed by atoms with Gasteiger partial charge in [-0.2, -0.15) is 0 Å². The van der Waals surface area contributed by atoms with Crippen LogP contribution in [0.15, 0.2) is 235 Å². The standard InChI is InChI=1S/C58H38N2O/c1-2-10-44-37-45(22-21-39(44)9-1)42-19-17-40(18-20-42)41-23-28-47(29-24-41)59(48-30-25-43(26-31-48)46-27-36-54-53-13-5-8-16-57(53)61-58(54)38-46)49-32-34-50(35-33-49)60-55-14-6-3-11-51(55)52-12-4-7-15-56(52)60/h1-38H. The summed E-state index contributed by atoms with van der Waals surface area (Å²) in [5.41, 5.74) is 15.6. The van der Waals surface area contributed by atoms with Crippen LogP contribution >= 0.6 is 0 Å². The van der Waals surface area contributed by atoms with Crippen molar-refractivity contribution in [2.45, 2.75) is 0 Å². The molecule has 286 valence electrons. The second kappa shape index (κ2) is 14.3. The summed E-state index contributed by atoms with van der Waals surface area (Å²) in [6, 6.07) is 83.0. The van der Waals surface area contributed by atoms with Crippen molar-refractivity contribution >= 4 is 71.6 Å². The van der Waals surface area contributed by atoms with Gasteiger partial charge in [0.15, 0.2) is 0 Å². The van der Waals surface area contributed by atoms with Gasteiger partial charge in [0.05, 0.1) is 11.0 Å². The van der Waals surface area contributed by atoms with Crippen molar-refractivity contribution in [3.63, 3.8) is 0 Å². The van der Waals surface area contributed by atoms with Crippen molar-refractivity contribution < 1.29 is 4.42 Å². The Bertz CT molecular complexity index is 3500. The van der Waals surface area contributed by atoms with Gasteiger partial charge >= 0.3 is 0 Å². The fourth-order valence-corrected chi connectivity index (χ4v) is 9.13. The van der Waals surface area contributed by atoms with Gasteiger partial charge in [-0.25, -0.2) is 0 Å². The molecular weight excluding hydrogens is 741 g/mol. The van der Waals surface area contributed by atoms with E-state index < -0.39 is 0 Å². The molecule has 0 aliphatic rings. The largest absolute Gasteiger partial charge is 0.456 e. The second-order valence-electron chi connectivity index (χ2n) is 15.8. The van der Waals surface area contributed by atoms with E-state index in [-0.39, 0.29) is 0 Å². The molecule has 0 spiro atoms. The number of benzene rings is 10. The maximum atomic E-state index is 6.25. The van der Waals surface area contributed by atoms with Gasteiger partial charge in [0.2, 0.25) is 0 Å². The summed E-state index contributed by atoms with van der Waals surface area (Å²) < 4.78 is 8.62. The van der Waals surface area contributed by atoms with Crippen LogP contribution in [-0.4, -0.2) is 4.57 Å². The van der Waals surface area contributed by atoms with Gasteiger partial charge in [0.25, 0.3) is 0 Å². The third-order valence-electron chi connectivity index (χ3n) is 12.2. The second-order valence-corrected chi connectivity index (χ2v) is 15.8. The number of hydrogen-bond donors (Lipinski definition) is 0. The predicted molar refractivity (Wildman–Crippen MR) is 257 cm³/mol. The van der Waals surface area contributed by atoms with Crippen molar-refractivity contribution in [3.8, 4) is 39.1 Å². The van der Waals surface area contributed by atoms with Crippen LogP contribution < -0.4 is 4.90 Å². The average Bonchev–Trinajstić information content (AvgIpc) is 3.88. The monoisotopic (exact) mass is 778 g/mol. The lowest BCUT2D eigenvalue weighted by Gasteiger charge is -2.26. The number of furan rings is 1. The third kappa shape index (κ3) is 6.06. The molecule has 3 nitrogen and oxygen atoms in total. The summed E-state index contributed by atoms with van der Waals surface area (Å²) >= 11 is 0. The topological polar surface area (TPSA) is 21.3 Å². The lowest BCUT2D eigenvalue weighted by molar-refractivity contribution is 0.669. The highest BCUT2D eigenvalue weighted by Crippen LogP contribution is 2.40. The Morgan fingerprint density at radius 3 is 1.34 bits per heavy atom. The SMILES string of the molecule is c1ccc2cc(-c3ccc(-c4ccc(N(c5ccc(-c6ccc7c(c6)oc6ccccc67)cc5)c5ccc(-n6c7ccccc7c7ccccc76)cc5)cc4)cc3)ccc2c1. The van der Waals surface area contributed by atoms with E-state index in [0.717, 1.165) is 55.8 Å². The molecule has 12 aromatic rings. The Hall–Kier alpha value is -8.14. The number of nitrogens with zero attached hydrogens (tertiary/aromatic N) is 2. The first-order chi connectivity index (χ1) is 30.2. The number of fused-ring (bicyclic) bond motifs is 7. The third-order valence-corrected chi connectivity index (χ3v) is 12.2. The first-order valence-electron chi connectivity index (χ1n) is 20.8. The normalized spacial score (nSPS) is 11.6. The van der Waals surface area contributed by atoms with Gasteiger partial charge in [0, 0.05) is 44.3 Å². The minimum absolute atomic E-state index is 0.899. The van der Waals surface area contributed by atoms with Gasteiger partial charge in [-0.3, -0.25) is 0 Å². The summed E-state index contributed by atoms with van der Waals surface area (Å²) in [5.74, 6) is 0. The molecule has 0 radical (unpaired) electrons. The number of hydrogen-bond acceptors (Lipinski definition) is 2. The van der Waals surface area contributed by atoms with Gasteiger partial charge in [-0.15, -0.1) is 0 Å². The molecule has 12 rings (SSSR count). The van der Waals surface area contributed by atoms with Crippen molar-refractivity contribution in [1.29, 1.82) is 0 Å². The molecular formula is C58H38N2O. The number of para-hydroxylation sites is 3. The van der Waals surface area contributed by atoms with Gasteiger partial charge in [-0.1, -0.05) is 146 Å². The summed E-state index contributed by atoms with van der Waals surface area (Å²) in [5, 5.41) is 7.30. The molecule has 0 aliphatic heterocycles. The van der Waals surface area contributed by atoms with Crippen LogP contribution in [0.25, 0.3) is 93.6 Å². The van der Waals surface area contributed by atoms with Crippen LogP contribution in [0, 0.1) is 0 Å². The molecule has 0 aliphatic carbocycles. The van der Waals surface area contributed by atoms with Crippen LogP contribution in [0.3, 0.4) is 0 Å². The van der Waals surface area contributed by atoms with Crippen LogP contribution in [0.5, 0.6) is 0 Å². The molecule has 0 unspecified atom stereocenters. The molecule has 0 bridgehead atoms. The van der Waals surface area contributed by atoms with E-state index in [2.05, 4.69) is 228 Å². The molecule has 2 heterocycles. The predicted octanol–water partition coefficient (Wildman–Crippen LogP) is 16.3. The highest BCUT2D eigenvalue weighted by atomic mass is 16.3. The first kappa shape index (κ1) is 34.9. The van der Waals surface area contributed by atoms with E-state index in [9.17, 15) is 0 Å². The van der Waals surface area contributed by atoms with Crippen molar-refractivity contribution in [2.24, 2.45) is 0 Å². The van der Waals surface area contributed by atoms with E-state index in [0.29, 0.717) is 0 Å². The van der Waals surface area contributed by atoms with Crippen LogP contribution in [-0.2, 0) is 0 Å². The van der Waals surface area contributed by atoms with Crippen LogP contribution in [0.1, 0.15) is 0 Å². The van der Waals surface area contributed by atoms with E-state index in [4.69, 9.17) is 4.42 Å². The Morgan fingerprint density at radius 2 is 0.721 bits per heavy atom. The maximum absolute atomic E-state index is 6.25. The Kier molecular flexibility index (Phi) is 8.17. The lowest BCUT2D eigenvalue weighted by Crippen LogP contribution is -2.10. The average molecular weight is 779 g/mol. The first-order valence-corrected chi connectivity index (χ1v) is 20.8. The number of aromatic nitrogens is 1. The van der Waals surface area contributed by atoms with E-state index in [1.807, 2.05) is 12.1 Å². The van der Waals surface area contributed by atoms with Crippen LogP contribution in [0.4, 0.5) is 17.1 Å². The molecule has 61 heavy (non-hydrogen) atoms. The molecule has 10 aromatic carbocycles. The highest BCUT2D eigenvalue weighted by molar-refractivity contribution is 6.09. The molecule has 0 atom stereocenters. The molecule has 3 heteroatoms. The van der Waals surface area contributed by atoms with E-state index in [1.165, 1.54) is 54.8 Å². The fourth-order valence-electron chi connectivity index (χ4n) is 9.13. The summed E-state index contributed by atoms with van der Waals surface area (Å²) in [6.07, 6.45) is 0. The molecule has 0 saturated carbocycles. The summed E-state index contributed by atoms with van der Waals surface area (Å²) in [7, 11) is 0. The van der Waals surface area contributed by atoms with Crippen molar-refractivity contribution in [3.05, 3.63) is 231 Å². The smallest absolute Gasteiger partial charge is 0.136 e. The molecule has 0 saturated heterocycles. The zero-order valence-electron chi connectivity index (χ0n) is 33.2. The van der Waals surface area contributed by atoms with Gasteiger partial charge < -0.3 is 13.9 Å². The molecule has 0 fully saturated rings. The fraction of sp³-hybridized carbons (Fsp3) is 0. The van der Waals surface area contributed by atoms with Gasteiger partial charge in [-0.05, 0) is 129 Å². The van der Waals surface area contributed by atoms with E-state index in [1.54, 1.807) is 0 Å². The number of rotatable bonds is 7. The zero-order chi connectivity index (χ0) is 40.3. The summed E-state index contributed by atoms with van der Waals surface area (Å²) in [6.45, 7) is 0. The van der Waals surface area contributed by atoms with Crippen molar-refractivity contribution in [2.75, 3.05) is 4.90 Å². The zero-order valence-corrected chi connectivity index (χ0v) is 33.2. The lowest BCUT2D eigenvalue weighted by atomic mass is 9.98. The minimum Gasteiger partial charge on any atom is -0.456 e. The Morgan fingerprint density at radius 1 is 0.295 bits per heavy atom. The highest BCUT2D eigenvalue weighted by Gasteiger charge is 2.17. The van der Waals surface area contributed by atoms with E-state index >= 15 is 0 Å². The molecule has 2 aromatic heterocycles. The van der Waals surface area contributed by atoms with Crippen molar-refractivity contribution in [1.82, 2.24) is 4.57 Å². The Labute approximate surface area is 353 Å². The molecule has 0 amide bonds. The number of anilines is 3.